The predicted octanol–water partition coefficient (Wildman–Crippen LogP) is 3.96. The maximum absolute atomic E-state index is 13.1. The number of carbonyl (C=O) groups excluding carboxylic acids is 2. The Bertz CT molecular complexity index is 1020. The van der Waals surface area contributed by atoms with Crippen LogP contribution in [0.15, 0.2) is 66.9 Å². The Morgan fingerprint density at radius 3 is 2.58 bits per heavy atom. The summed E-state index contributed by atoms with van der Waals surface area (Å²) in [5.74, 6) is 0.0897. The number of fused-ring (bicyclic) bond motifs is 1. The van der Waals surface area contributed by atoms with Crippen LogP contribution in [0, 0.1) is 0 Å². The summed E-state index contributed by atoms with van der Waals surface area (Å²) in [6, 6.07) is 17.8. The van der Waals surface area contributed by atoms with E-state index in [9.17, 15) is 9.59 Å². The molecular weight excluding hydrogens is 364 g/mol. The lowest BCUT2D eigenvalue weighted by Gasteiger charge is -2.22. The standard InChI is InChI=1S/C20H14N2O2S2/c23-18(13-6-2-1-3-7-13)17-12-26-20(25)22(17)19(24)15-10-14-8-4-5-9-16(14)21-11-15/h1-11,17H,12H2/t17-/m1/s1. The van der Waals surface area contributed by atoms with Crippen molar-refractivity contribution in [2.45, 2.75) is 6.04 Å². The van der Waals surface area contributed by atoms with Crippen molar-refractivity contribution in [2.75, 3.05) is 5.75 Å². The molecule has 4 nitrogen and oxygen atoms in total. The number of para-hydroxylation sites is 1. The van der Waals surface area contributed by atoms with E-state index in [-0.39, 0.29) is 11.7 Å². The SMILES string of the molecule is O=C(c1ccccc1)[C@H]1CSC(=S)N1C(=O)c1cnc2ccccc2c1. The molecule has 26 heavy (non-hydrogen) atoms. The van der Waals surface area contributed by atoms with Gasteiger partial charge in [0.2, 0.25) is 0 Å². The second-order valence-corrected chi connectivity index (χ2v) is 7.57. The van der Waals surface area contributed by atoms with Gasteiger partial charge in [-0.25, -0.2) is 0 Å². The Balaban J connectivity index is 1.68. The van der Waals surface area contributed by atoms with Crippen LogP contribution in [0.3, 0.4) is 0 Å². The van der Waals surface area contributed by atoms with Gasteiger partial charge in [-0.15, -0.1) is 0 Å². The molecule has 6 heteroatoms. The average Bonchev–Trinajstić information content (AvgIpc) is 3.08. The summed E-state index contributed by atoms with van der Waals surface area (Å²) in [6.07, 6.45) is 1.54. The zero-order valence-corrected chi connectivity index (χ0v) is 15.3. The fourth-order valence-corrected chi connectivity index (χ4v) is 4.33. The molecule has 1 aliphatic heterocycles. The molecule has 0 spiro atoms. The highest BCUT2D eigenvalue weighted by Crippen LogP contribution is 2.29. The van der Waals surface area contributed by atoms with Gasteiger partial charge in [0, 0.05) is 22.9 Å². The van der Waals surface area contributed by atoms with Crippen LogP contribution >= 0.6 is 24.0 Å². The van der Waals surface area contributed by atoms with Crippen molar-refractivity contribution in [3.05, 3.63) is 78.0 Å². The third-order valence-electron chi connectivity index (χ3n) is 4.29. The minimum Gasteiger partial charge on any atom is -0.292 e. The Morgan fingerprint density at radius 2 is 1.77 bits per heavy atom. The minimum absolute atomic E-state index is 0.0972. The summed E-state index contributed by atoms with van der Waals surface area (Å²) in [7, 11) is 0. The number of thiocarbonyl (C=S) groups is 1. The zero-order chi connectivity index (χ0) is 18.1. The second-order valence-electron chi connectivity index (χ2n) is 5.91. The van der Waals surface area contributed by atoms with Crippen LogP contribution in [0.1, 0.15) is 20.7 Å². The minimum atomic E-state index is -0.589. The third kappa shape index (κ3) is 3.02. The first-order valence-electron chi connectivity index (χ1n) is 8.09. The summed E-state index contributed by atoms with van der Waals surface area (Å²) in [5.41, 5.74) is 1.83. The molecule has 0 aliphatic carbocycles. The Labute approximate surface area is 160 Å². The van der Waals surface area contributed by atoms with Gasteiger partial charge < -0.3 is 0 Å². The van der Waals surface area contributed by atoms with E-state index in [4.69, 9.17) is 12.2 Å². The second kappa shape index (κ2) is 6.97. The fourth-order valence-electron chi connectivity index (χ4n) is 2.96. The number of Topliss-reactive ketones (excluding diaryl/α,β-unsaturated/α-hetero) is 1. The summed E-state index contributed by atoms with van der Waals surface area (Å²) >= 11 is 6.71. The first-order valence-corrected chi connectivity index (χ1v) is 9.49. The molecule has 0 unspecified atom stereocenters. The quantitative estimate of drug-likeness (QED) is 0.510. The molecule has 128 valence electrons. The van der Waals surface area contributed by atoms with Crippen LogP contribution in [-0.4, -0.2) is 37.7 Å². The molecule has 2 heterocycles. The van der Waals surface area contributed by atoms with E-state index in [1.165, 1.54) is 16.7 Å². The van der Waals surface area contributed by atoms with E-state index in [1.54, 1.807) is 24.4 Å². The van der Waals surface area contributed by atoms with Crippen molar-refractivity contribution in [3.8, 4) is 0 Å². The molecule has 1 aliphatic rings. The molecule has 0 radical (unpaired) electrons. The van der Waals surface area contributed by atoms with Gasteiger partial charge in [-0.05, 0) is 12.1 Å². The van der Waals surface area contributed by atoms with Crippen molar-refractivity contribution in [3.63, 3.8) is 0 Å². The molecule has 3 aromatic rings. The molecule has 1 fully saturated rings. The van der Waals surface area contributed by atoms with E-state index in [0.29, 0.717) is 21.2 Å². The van der Waals surface area contributed by atoms with Gasteiger partial charge in [0.25, 0.3) is 5.91 Å². The number of hydrogen-bond acceptors (Lipinski definition) is 5. The smallest absolute Gasteiger partial charge is 0.261 e. The molecule has 1 atom stereocenters. The van der Waals surface area contributed by atoms with Crippen LogP contribution in [0.5, 0.6) is 0 Å². The number of rotatable bonds is 3. The third-order valence-corrected chi connectivity index (χ3v) is 5.77. The number of benzene rings is 2. The van der Waals surface area contributed by atoms with Crippen molar-refractivity contribution >= 4 is 50.9 Å². The first-order chi connectivity index (χ1) is 12.6. The van der Waals surface area contributed by atoms with Crippen molar-refractivity contribution in [1.29, 1.82) is 0 Å². The fraction of sp³-hybridized carbons (Fsp3) is 0.100. The maximum atomic E-state index is 13.1. The number of aromatic nitrogens is 1. The Kier molecular flexibility index (Phi) is 4.53. The Hall–Kier alpha value is -2.57. The number of thioether (sulfide) groups is 1. The first kappa shape index (κ1) is 16.9. The summed E-state index contributed by atoms with van der Waals surface area (Å²) < 4.78 is 0.428. The van der Waals surface area contributed by atoms with Crippen LogP contribution in [-0.2, 0) is 0 Å². The number of ketones is 1. The lowest BCUT2D eigenvalue weighted by molar-refractivity contribution is 0.0753. The summed E-state index contributed by atoms with van der Waals surface area (Å²) in [4.78, 5) is 31.7. The van der Waals surface area contributed by atoms with Crippen LogP contribution in [0.4, 0.5) is 0 Å². The number of pyridine rings is 1. The zero-order valence-electron chi connectivity index (χ0n) is 13.7. The molecule has 0 saturated carbocycles. The molecular formula is C20H14N2O2S2. The van der Waals surface area contributed by atoms with E-state index < -0.39 is 6.04 Å². The highest BCUT2D eigenvalue weighted by Gasteiger charge is 2.39. The van der Waals surface area contributed by atoms with Gasteiger partial charge in [-0.2, -0.15) is 0 Å². The van der Waals surface area contributed by atoms with Gasteiger partial charge >= 0.3 is 0 Å². The number of hydrogen-bond donors (Lipinski definition) is 0. The maximum Gasteiger partial charge on any atom is 0.261 e. The number of carbonyl (C=O) groups is 2. The molecule has 4 rings (SSSR count). The molecule has 1 amide bonds. The molecule has 1 saturated heterocycles. The van der Waals surface area contributed by atoms with Gasteiger partial charge in [0.15, 0.2) is 5.78 Å². The normalized spacial score (nSPS) is 16.8. The lowest BCUT2D eigenvalue weighted by atomic mass is 10.0. The predicted molar refractivity (Wildman–Crippen MR) is 108 cm³/mol. The van der Waals surface area contributed by atoms with E-state index in [1.807, 2.05) is 42.5 Å². The van der Waals surface area contributed by atoms with Gasteiger partial charge in [-0.1, -0.05) is 72.5 Å². The molecule has 0 bridgehead atoms. The van der Waals surface area contributed by atoms with Crippen molar-refractivity contribution in [1.82, 2.24) is 9.88 Å². The monoisotopic (exact) mass is 378 g/mol. The van der Waals surface area contributed by atoms with Gasteiger partial charge in [0.1, 0.15) is 10.4 Å². The topological polar surface area (TPSA) is 50.3 Å². The molecule has 0 N–H and O–H groups in total. The van der Waals surface area contributed by atoms with Crippen molar-refractivity contribution in [2.24, 2.45) is 0 Å². The van der Waals surface area contributed by atoms with Gasteiger partial charge in [0.05, 0.1) is 11.1 Å². The highest BCUT2D eigenvalue weighted by molar-refractivity contribution is 8.23. The average molecular weight is 378 g/mol. The van der Waals surface area contributed by atoms with Crippen LogP contribution < -0.4 is 0 Å². The molecule has 1 aromatic heterocycles. The van der Waals surface area contributed by atoms with E-state index in [2.05, 4.69) is 4.98 Å². The Morgan fingerprint density at radius 1 is 1.04 bits per heavy atom. The largest absolute Gasteiger partial charge is 0.292 e. The highest BCUT2D eigenvalue weighted by atomic mass is 32.2. The van der Waals surface area contributed by atoms with Crippen molar-refractivity contribution < 1.29 is 9.59 Å². The van der Waals surface area contributed by atoms with Gasteiger partial charge in [-0.3, -0.25) is 19.5 Å². The number of amides is 1. The number of nitrogens with zero attached hydrogens (tertiary/aromatic N) is 2. The molecule has 2 aromatic carbocycles. The van der Waals surface area contributed by atoms with E-state index >= 15 is 0 Å². The van der Waals surface area contributed by atoms with Crippen LogP contribution in [0.2, 0.25) is 0 Å². The summed E-state index contributed by atoms with van der Waals surface area (Å²) in [6.45, 7) is 0. The van der Waals surface area contributed by atoms with E-state index in [0.717, 1.165) is 10.9 Å². The lowest BCUT2D eigenvalue weighted by Crippen LogP contribution is -2.43. The summed E-state index contributed by atoms with van der Waals surface area (Å²) in [5, 5.41) is 0.877. The van der Waals surface area contributed by atoms with Crippen LogP contribution in [0.25, 0.3) is 10.9 Å².